The number of rotatable bonds is 4. The summed E-state index contributed by atoms with van der Waals surface area (Å²) in [6.45, 7) is 1.62. The Morgan fingerprint density at radius 2 is 2.31 bits per heavy atom. The number of hydrogen-bond acceptors (Lipinski definition) is 3. The molecule has 1 aromatic carbocycles. The van der Waals surface area contributed by atoms with Gasteiger partial charge in [0.15, 0.2) is 6.61 Å². The average molecular weight is 218 g/mol. The van der Waals surface area contributed by atoms with Gasteiger partial charge in [-0.05, 0) is 19.1 Å². The number of ether oxygens (including phenoxy) is 1. The first-order valence-electron chi connectivity index (χ1n) is 4.86. The summed E-state index contributed by atoms with van der Waals surface area (Å²) in [5.74, 6) is 2.62. The van der Waals surface area contributed by atoms with Crippen LogP contribution in [0.4, 0.5) is 5.69 Å². The van der Waals surface area contributed by atoms with Crippen molar-refractivity contribution >= 4 is 11.6 Å². The number of para-hydroxylation sites is 2. The predicted octanol–water partition coefficient (Wildman–Crippen LogP) is 0.785. The SMILES string of the molecule is C#CC(C)NC(=O)COc1ccccc1N. The zero-order valence-electron chi connectivity index (χ0n) is 9.07. The number of nitrogen functional groups attached to an aromatic ring is 1. The Bertz CT molecular complexity index is 410. The molecule has 1 amide bonds. The van der Waals surface area contributed by atoms with E-state index in [1.54, 1.807) is 31.2 Å². The minimum Gasteiger partial charge on any atom is -0.482 e. The lowest BCUT2D eigenvalue weighted by atomic mass is 10.3. The second-order valence-electron chi connectivity index (χ2n) is 3.28. The van der Waals surface area contributed by atoms with E-state index in [0.717, 1.165) is 0 Å². The van der Waals surface area contributed by atoms with E-state index in [9.17, 15) is 4.79 Å². The van der Waals surface area contributed by atoms with Gasteiger partial charge in [0.25, 0.3) is 5.91 Å². The normalized spacial score (nSPS) is 11.2. The monoisotopic (exact) mass is 218 g/mol. The molecular weight excluding hydrogens is 204 g/mol. The highest BCUT2D eigenvalue weighted by Crippen LogP contribution is 2.19. The molecule has 0 saturated heterocycles. The van der Waals surface area contributed by atoms with Gasteiger partial charge in [0.2, 0.25) is 0 Å². The topological polar surface area (TPSA) is 64.3 Å². The quantitative estimate of drug-likeness (QED) is 0.580. The summed E-state index contributed by atoms with van der Waals surface area (Å²) >= 11 is 0. The molecule has 4 nitrogen and oxygen atoms in total. The van der Waals surface area contributed by atoms with Crippen LogP contribution in [0.3, 0.4) is 0 Å². The molecule has 0 spiro atoms. The Morgan fingerprint density at radius 3 is 2.94 bits per heavy atom. The van der Waals surface area contributed by atoms with Gasteiger partial charge in [-0.15, -0.1) is 6.42 Å². The van der Waals surface area contributed by atoms with Crippen LogP contribution in [0, 0.1) is 12.3 Å². The van der Waals surface area contributed by atoms with Crippen molar-refractivity contribution in [1.82, 2.24) is 5.32 Å². The van der Waals surface area contributed by atoms with Gasteiger partial charge in [-0.25, -0.2) is 0 Å². The first-order chi connectivity index (χ1) is 7.63. The summed E-state index contributed by atoms with van der Waals surface area (Å²) in [6, 6.07) is 6.69. The van der Waals surface area contributed by atoms with E-state index in [2.05, 4.69) is 11.2 Å². The third kappa shape index (κ3) is 3.54. The maximum absolute atomic E-state index is 11.3. The number of nitrogens with two attached hydrogens (primary N) is 1. The average Bonchev–Trinajstić information content (AvgIpc) is 2.28. The van der Waals surface area contributed by atoms with E-state index in [-0.39, 0.29) is 18.6 Å². The molecule has 4 heteroatoms. The van der Waals surface area contributed by atoms with Crippen molar-refractivity contribution in [3.05, 3.63) is 24.3 Å². The minimum absolute atomic E-state index is 0.0970. The molecule has 0 bridgehead atoms. The van der Waals surface area contributed by atoms with Crippen molar-refractivity contribution in [2.24, 2.45) is 0 Å². The van der Waals surface area contributed by atoms with E-state index < -0.39 is 0 Å². The number of carbonyl (C=O) groups excluding carboxylic acids is 1. The number of benzene rings is 1. The second kappa shape index (κ2) is 5.66. The number of carbonyl (C=O) groups is 1. The molecule has 0 saturated carbocycles. The van der Waals surface area contributed by atoms with Crippen molar-refractivity contribution in [3.63, 3.8) is 0 Å². The first kappa shape index (κ1) is 11.9. The molecule has 0 aliphatic carbocycles. The summed E-state index contributed by atoms with van der Waals surface area (Å²) in [6.07, 6.45) is 5.13. The van der Waals surface area contributed by atoms with Gasteiger partial charge in [-0.2, -0.15) is 0 Å². The molecule has 0 heterocycles. The maximum Gasteiger partial charge on any atom is 0.258 e. The Balaban J connectivity index is 2.44. The van der Waals surface area contributed by atoms with Gasteiger partial charge < -0.3 is 15.8 Å². The Kier molecular flexibility index (Phi) is 4.22. The number of nitrogens with one attached hydrogen (secondary N) is 1. The van der Waals surface area contributed by atoms with Gasteiger partial charge in [0.05, 0.1) is 11.7 Å². The smallest absolute Gasteiger partial charge is 0.258 e. The molecule has 0 aliphatic rings. The van der Waals surface area contributed by atoms with E-state index in [0.29, 0.717) is 11.4 Å². The highest BCUT2D eigenvalue weighted by Gasteiger charge is 2.06. The van der Waals surface area contributed by atoms with Gasteiger partial charge in [0, 0.05) is 0 Å². The van der Waals surface area contributed by atoms with Crippen LogP contribution in [-0.2, 0) is 4.79 Å². The maximum atomic E-state index is 11.3. The van der Waals surface area contributed by atoms with Gasteiger partial charge >= 0.3 is 0 Å². The molecule has 84 valence electrons. The fourth-order valence-electron chi connectivity index (χ4n) is 1.08. The molecule has 1 rings (SSSR count). The number of terminal acetylenes is 1. The Hall–Kier alpha value is -2.15. The van der Waals surface area contributed by atoms with Crippen molar-refractivity contribution in [2.45, 2.75) is 13.0 Å². The van der Waals surface area contributed by atoms with Gasteiger partial charge in [-0.1, -0.05) is 18.1 Å². The molecule has 0 radical (unpaired) electrons. The lowest BCUT2D eigenvalue weighted by Gasteiger charge is -2.10. The fraction of sp³-hybridized carbons (Fsp3) is 0.250. The predicted molar refractivity (Wildman–Crippen MR) is 62.8 cm³/mol. The largest absolute Gasteiger partial charge is 0.482 e. The first-order valence-corrected chi connectivity index (χ1v) is 4.86. The van der Waals surface area contributed by atoms with Crippen LogP contribution in [0.2, 0.25) is 0 Å². The van der Waals surface area contributed by atoms with Crippen molar-refractivity contribution in [2.75, 3.05) is 12.3 Å². The highest BCUT2D eigenvalue weighted by atomic mass is 16.5. The van der Waals surface area contributed by atoms with Crippen LogP contribution in [0.5, 0.6) is 5.75 Å². The number of anilines is 1. The summed E-state index contributed by atoms with van der Waals surface area (Å²) in [5, 5.41) is 2.58. The van der Waals surface area contributed by atoms with E-state index in [1.165, 1.54) is 0 Å². The zero-order chi connectivity index (χ0) is 12.0. The van der Waals surface area contributed by atoms with Crippen LogP contribution in [0.1, 0.15) is 6.92 Å². The molecule has 0 fully saturated rings. The van der Waals surface area contributed by atoms with Crippen LogP contribution >= 0.6 is 0 Å². The fourth-order valence-corrected chi connectivity index (χ4v) is 1.08. The van der Waals surface area contributed by atoms with E-state index >= 15 is 0 Å². The third-order valence-corrected chi connectivity index (χ3v) is 1.91. The molecule has 1 aromatic rings. The van der Waals surface area contributed by atoms with Gasteiger partial charge in [-0.3, -0.25) is 4.79 Å². The molecule has 0 aliphatic heterocycles. The van der Waals surface area contributed by atoms with Crippen LogP contribution in [0.15, 0.2) is 24.3 Å². The summed E-state index contributed by atoms with van der Waals surface area (Å²) in [5.41, 5.74) is 6.15. The lowest BCUT2D eigenvalue weighted by molar-refractivity contribution is -0.123. The molecular formula is C12H14N2O2. The number of amides is 1. The summed E-state index contributed by atoms with van der Waals surface area (Å²) in [4.78, 5) is 11.3. The van der Waals surface area contributed by atoms with Crippen LogP contribution in [-0.4, -0.2) is 18.6 Å². The second-order valence-corrected chi connectivity index (χ2v) is 3.28. The lowest BCUT2D eigenvalue weighted by Crippen LogP contribution is -2.35. The van der Waals surface area contributed by atoms with E-state index in [1.807, 2.05) is 0 Å². The standard InChI is InChI=1S/C12H14N2O2/c1-3-9(2)14-12(15)8-16-11-7-5-4-6-10(11)13/h1,4-7,9H,8,13H2,2H3,(H,14,15). The summed E-state index contributed by atoms with van der Waals surface area (Å²) in [7, 11) is 0. The molecule has 3 N–H and O–H groups in total. The highest BCUT2D eigenvalue weighted by molar-refractivity contribution is 5.78. The molecule has 1 atom stereocenters. The third-order valence-electron chi connectivity index (χ3n) is 1.91. The molecule has 0 aromatic heterocycles. The van der Waals surface area contributed by atoms with Crippen LogP contribution in [0.25, 0.3) is 0 Å². The van der Waals surface area contributed by atoms with Crippen molar-refractivity contribution in [1.29, 1.82) is 0 Å². The molecule has 1 unspecified atom stereocenters. The zero-order valence-corrected chi connectivity index (χ0v) is 9.07. The minimum atomic E-state index is -0.302. The van der Waals surface area contributed by atoms with Crippen molar-refractivity contribution < 1.29 is 9.53 Å². The van der Waals surface area contributed by atoms with E-state index in [4.69, 9.17) is 16.9 Å². The van der Waals surface area contributed by atoms with Crippen molar-refractivity contribution in [3.8, 4) is 18.1 Å². The number of hydrogen-bond donors (Lipinski definition) is 2. The van der Waals surface area contributed by atoms with Gasteiger partial charge in [0.1, 0.15) is 5.75 Å². The Labute approximate surface area is 94.8 Å². The molecule has 16 heavy (non-hydrogen) atoms. The summed E-state index contributed by atoms with van der Waals surface area (Å²) < 4.78 is 5.24. The Morgan fingerprint density at radius 1 is 1.62 bits per heavy atom. The van der Waals surface area contributed by atoms with Crippen LogP contribution < -0.4 is 15.8 Å².